The third kappa shape index (κ3) is 2.47. The molecule has 1 saturated heterocycles. The van der Waals surface area contributed by atoms with E-state index in [2.05, 4.69) is 70.9 Å². The van der Waals surface area contributed by atoms with Gasteiger partial charge in [-0.3, -0.25) is 0 Å². The Balaban J connectivity index is 1.54. The van der Waals surface area contributed by atoms with Gasteiger partial charge in [0.15, 0.2) is 5.88 Å². The van der Waals surface area contributed by atoms with E-state index in [4.69, 9.17) is 9.47 Å². The van der Waals surface area contributed by atoms with Crippen LogP contribution in [0.25, 0.3) is 0 Å². The molecule has 4 aliphatic carbocycles. The van der Waals surface area contributed by atoms with Gasteiger partial charge in [-0.05, 0) is 67.1 Å². The largest absolute Gasteiger partial charge is 0.489 e. The van der Waals surface area contributed by atoms with Crippen LogP contribution >= 0.6 is 0 Å². The second kappa shape index (κ2) is 6.83. The van der Waals surface area contributed by atoms with Crippen molar-refractivity contribution in [2.45, 2.75) is 77.9 Å². The van der Waals surface area contributed by atoms with Crippen molar-refractivity contribution in [3.05, 3.63) is 54.4 Å². The number of benzene rings is 1. The van der Waals surface area contributed by atoms with Crippen molar-refractivity contribution >= 4 is 0 Å². The first-order chi connectivity index (χ1) is 15.7. The Hall–Kier alpha value is -1.90. The van der Waals surface area contributed by atoms with Crippen molar-refractivity contribution in [1.29, 1.82) is 0 Å². The zero-order valence-corrected chi connectivity index (χ0v) is 21.2. The monoisotopic (exact) mass is 447 g/mol. The first kappa shape index (κ1) is 21.6. The molecule has 8 atom stereocenters. The Kier molecular flexibility index (Phi) is 4.47. The highest BCUT2D eigenvalue weighted by atomic mass is 16.5. The molecule has 3 saturated carbocycles. The van der Waals surface area contributed by atoms with Crippen LogP contribution in [0.3, 0.4) is 0 Å². The van der Waals surface area contributed by atoms with Crippen molar-refractivity contribution in [1.82, 2.24) is 4.90 Å². The molecule has 0 amide bonds. The van der Waals surface area contributed by atoms with Gasteiger partial charge in [-0.1, -0.05) is 59.4 Å². The van der Waals surface area contributed by atoms with Gasteiger partial charge in [0.25, 0.3) is 0 Å². The summed E-state index contributed by atoms with van der Waals surface area (Å²) in [6, 6.07) is 7.25. The Morgan fingerprint density at radius 2 is 2.15 bits per heavy atom. The molecule has 1 aromatic carbocycles. The van der Waals surface area contributed by atoms with Crippen LogP contribution in [0, 0.1) is 34.5 Å². The minimum Gasteiger partial charge on any atom is -0.489 e. The molecule has 1 aromatic rings. The van der Waals surface area contributed by atoms with Gasteiger partial charge in [-0.15, -0.1) is 0 Å². The van der Waals surface area contributed by atoms with Crippen molar-refractivity contribution in [2.24, 2.45) is 34.5 Å². The van der Waals surface area contributed by atoms with Gasteiger partial charge in [0.1, 0.15) is 18.5 Å². The summed E-state index contributed by atoms with van der Waals surface area (Å²) >= 11 is 0. The summed E-state index contributed by atoms with van der Waals surface area (Å²) in [6.45, 7) is 22.1. The molecule has 5 unspecified atom stereocenters. The van der Waals surface area contributed by atoms with E-state index in [9.17, 15) is 0 Å². The molecule has 178 valence electrons. The minimum atomic E-state index is 0.146. The molecule has 0 radical (unpaired) electrons. The quantitative estimate of drug-likeness (QED) is 0.389. The second-order valence-electron chi connectivity index (χ2n) is 12.8. The molecule has 6 aliphatic rings. The fraction of sp³-hybridized carbons (Fsp3) is 0.667. The van der Waals surface area contributed by atoms with Crippen LogP contribution in [0.5, 0.6) is 5.75 Å². The summed E-state index contributed by atoms with van der Waals surface area (Å²) in [4.78, 5) is 2.54. The molecule has 0 N–H and O–H groups in total. The highest BCUT2D eigenvalue weighted by molar-refractivity contribution is 5.58. The number of ether oxygens (including phenoxy) is 2. The maximum atomic E-state index is 7.02. The van der Waals surface area contributed by atoms with Gasteiger partial charge in [0, 0.05) is 34.9 Å². The van der Waals surface area contributed by atoms with Crippen LogP contribution in [0.1, 0.15) is 65.0 Å². The summed E-state index contributed by atoms with van der Waals surface area (Å²) < 4.78 is 13.1. The van der Waals surface area contributed by atoms with Crippen LogP contribution in [-0.2, 0) is 16.6 Å². The van der Waals surface area contributed by atoms with E-state index in [1.54, 1.807) is 5.56 Å². The fourth-order valence-electron chi connectivity index (χ4n) is 9.41. The Morgan fingerprint density at radius 3 is 2.88 bits per heavy atom. The first-order valence-electron chi connectivity index (χ1n) is 13.1. The van der Waals surface area contributed by atoms with Crippen molar-refractivity contribution in [3.63, 3.8) is 0 Å². The molecular formula is C30H41NO2. The van der Waals surface area contributed by atoms with Crippen LogP contribution < -0.4 is 4.74 Å². The van der Waals surface area contributed by atoms with E-state index < -0.39 is 0 Å². The topological polar surface area (TPSA) is 21.7 Å². The maximum Gasteiger partial charge on any atom is 0.182 e. The van der Waals surface area contributed by atoms with Crippen molar-refractivity contribution < 1.29 is 9.47 Å². The molecular weight excluding hydrogens is 406 g/mol. The van der Waals surface area contributed by atoms with Crippen LogP contribution in [0.4, 0.5) is 0 Å². The molecule has 3 heteroatoms. The van der Waals surface area contributed by atoms with Gasteiger partial charge < -0.3 is 14.4 Å². The Morgan fingerprint density at radius 1 is 1.36 bits per heavy atom. The molecule has 33 heavy (non-hydrogen) atoms. The van der Waals surface area contributed by atoms with E-state index in [0.29, 0.717) is 47.8 Å². The van der Waals surface area contributed by atoms with Gasteiger partial charge >= 0.3 is 0 Å². The third-order valence-electron chi connectivity index (χ3n) is 11.0. The summed E-state index contributed by atoms with van der Waals surface area (Å²) in [6.07, 6.45) is 6.95. The van der Waals surface area contributed by atoms with Gasteiger partial charge in [0.2, 0.25) is 0 Å². The fourth-order valence-corrected chi connectivity index (χ4v) is 9.41. The SMILES string of the molecule is C=CCOC(=C)N1CC[C@]23c4c5cccc4O[C@H]2C2C[C@@H](C)C3(CC2C(C)C(C)(C)C)C1C5. The second-order valence-corrected chi connectivity index (χ2v) is 12.8. The zero-order chi connectivity index (χ0) is 23.3. The highest BCUT2D eigenvalue weighted by Crippen LogP contribution is 2.77. The smallest absolute Gasteiger partial charge is 0.182 e. The average Bonchev–Trinajstić information content (AvgIpc) is 3.12. The normalized spacial score (nSPS) is 40.6. The lowest BCUT2D eigenvalue weighted by Crippen LogP contribution is -2.78. The van der Waals surface area contributed by atoms with E-state index >= 15 is 0 Å². The van der Waals surface area contributed by atoms with Crippen LogP contribution in [0.15, 0.2) is 43.3 Å². The number of piperidine rings is 1. The molecule has 4 bridgehead atoms. The third-order valence-corrected chi connectivity index (χ3v) is 11.0. The molecule has 2 aliphatic heterocycles. The predicted octanol–water partition coefficient (Wildman–Crippen LogP) is 6.33. The average molecular weight is 448 g/mol. The summed E-state index contributed by atoms with van der Waals surface area (Å²) in [5.41, 5.74) is 3.74. The maximum absolute atomic E-state index is 7.02. The summed E-state index contributed by atoms with van der Waals surface area (Å²) in [5, 5.41) is 0. The Bertz CT molecular complexity index is 1010. The Labute approximate surface area is 200 Å². The van der Waals surface area contributed by atoms with Crippen molar-refractivity contribution in [2.75, 3.05) is 13.2 Å². The van der Waals surface area contributed by atoms with Gasteiger partial charge in [-0.2, -0.15) is 0 Å². The first-order valence-corrected chi connectivity index (χ1v) is 13.1. The summed E-state index contributed by atoms with van der Waals surface area (Å²) in [5.74, 6) is 4.69. The van der Waals surface area contributed by atoms with Crippen molar-refractivity contribution in [3.8, 4) is 5.75 Å². The zero-order valence-electron chi connectivity index (χ0n) is 21.2. The number of nitrogens with zero attached hydrogens (tertiary/aromatic N) is 1. The molecule has 0 aromatic heterocycles. The van der Waals surface area contributed by atoms with Crippen LogP contribution in [-0.4, -0.2) is 30.2 Å². The highest BCUT2D eigenvalue weighted by Gasteiger charge is 2.78. The standard InChI is InChI=1S/C30H41NO2/c1-8-14-32-20(4)31-13-12-29-26-21-10-9-11-24(26)33-27(29)22-15-18(2)30(29,25(31)16-21)17-23(22)19(3)28(5,6)7/h8-11,18-19,22-23,25,27H,1,4,12-17H2,2-3,5-7H3/t18-,19?,22?,23?,25?,27+,29+,30?/m1/s1. The molecule has 4 fully saturated rings. The van der Waals surface area contributed by atoms with E-state index in [0.717, 1.165) is 25.3 Å². The lowest BCUT2D eigenvalue weighted by Gasteiger charge is -2.74. The number of fused-ring (bicyclic) bond motifs is 2. The number of hydrogen-bond donors (Lipinski definition) is 0. The number of hydrogen-bond acceptors (Lipinski definition) is 3. The van der Waals surface area contributed by atoms with E-state index in [-0.39, 0.29) is 10.8 Å². The molecule has 7 rings (SSSR count). The minimum absolute atomic E-state index is 0.146. The molecule has 2 spiro atoms. The van der Waals surface area contributed by atoms with Gasteiger partial charge in [0.05, 0.1) is 0 Å². The lowest BCUT2D eigenvalue weighted by molar-refractivity contribution is -0.237. The predicted molar refractivity (Wildman–Crippen MR) is 133 cm³/mol. The van der Waals surface area contributed by atoms with Gasteiger partial charge in [-0.25, -0.2) is 0 Å². The molecule has 3 nitrogen and oxygen atoms in total. The van der Waals surface area contributed by atoms with E-state index in [1.165, 1.54) is 24.2 Å². The number of likely N-dealkylation sites (tertiary alicyclic amines) is 1. The van der Waals surface area contributed by atoms with Crippen LogP contribution in [0.2, 0.25) is 0 Å². The molecule has 2 heterocycles. The lowest BCUT2D eigenvalue weighted by atomic mass is 9.32. The number of rotatable bonds is 5. The summed E-state index contributed by atoms with van der Waals surface area (Å²) in [7, 11) is 0. The van der Waals surface area contributed by atoms with E-state index in [1.807, 2.05) is 6.08 Å².